The van der Waals surface area contributed by atoms with Crippen LogP contribution in [0.2, 0.25) is 0 Å². The van der Waals surface area contributed by atoms with Crippen molar-refractivity contribution in [3.05, 3.63) is 53.9 Å². The number of piperazine rings is 1. The number of hydrogen-bond donors (Lipinski definition) is 1. The first-order valence-corrected chi connectivity index (χ1v) is 8.51. The van der Waals surface area contributed by atoms with E-state index in [2.05, 4.69) is 20.2 Å². The smallest absolute Gasteiger partial charge is 0.234 e. The van der Waals surface area contributed by atoms with Crippen molar-refractivity contribution in [2.45, 2.75) is 13.0 Å². The van der Waals surface area contributed by atoms with Crippen molar-refractivity contribution in [3.63, 3.8) is 0 Å². The largest absolute Gasteiger partial charge is 0.348 e. The zero-order valence-corrected chi connectivity index (χ0v) is 14.5. The summed E-state index contributed by atoms with van der Waals surface area (Å²) in [7, 11) is 0. The Balaban J connectivity index is 1.48. The minimum absolute atomic E-state index is 0.189. The van der Waals surface area contributed by atoms with Crippen LogP contribution in [0.3, 0.4) is 0 Å². The van der Waals surface area contributed by atoms with Crippen molar-refractivity contribution < 1.29 is 13.6 Å². The van der Waals surface area contributed by atoms with E-state index in [1.165, 1.54) is 12.1 Å². The maximum atomic E-state index is 13.8. The van der Waals surface area contributed by atoms with Crippen LogP contribution in [0.4, 0.5) is 14.7 Å². The molecule has 1 aliphatic heterocycles. The summed E-state index contributed by atoms with van der Waals surface area (Å²) in [5.74, 6) is -0.790. The molecule has 1 aliphatic rings. The van der Waals surface area contributed by atoms with Crippen molar-refractivity contribution in [2.24, 2.45) is 0 Å². The number of aromatic nitrogens is 2. The molecule has 0 saturated carbocycles. The van der Waals surface area contributed by atoms with Gasteiger partial charge in [0.05, 0.1) is 12.6 Å². The molecule has 1 amide bonds. The van der Waals surface area contributed by atoms with Gasteiger partial charge in [-0.3, -0.25) is 9.69 Å². The van der Waals surface area contributed by atoms with Crippen molar-refractivity contribution in [3.8, 4) is 0 Å². The van der Waals surface area contributed by atoms with E-state index in [4.69, 9.17) is 0 Å². The summed E-state index contributed by atoms with van der Waals surface area (Å²) in [5, 5.41) is 2.77. The lowest BCUT2D eigenvalue weighted by molar-refractivity contribution is -0.123. The number of nitrogens with one attached hydrogen (secondary N) is 1. The SMILES string of the molecule is C[C@@H](NC(=O)CN1CCN(c2ncccn2)CC1)c1ccc(F)cc1F. The zero-order valence-electron chi connectivity index (χ0n) is 14.5. The number of rotatable bonds is 5. The van der Waals surface area contributed by atoms with Crippen LogP contribution in [0.25, 0.3) is 0 Å². The highest BCUT2D eigenvalue weighted by Gasteiger charge is 2.21. The van der Waals surface area contributed by atoms with E-state index in [0.29, 0.717) is 19.0 Å². The highest BCUT2D eigenvalue weighted by molar-refractivity contribution is 5.78. The van der Waals surface area contributed by atoms with Crippen molar-refractivity contribution >= 4 is 11.9 Å². The molecule has 1 saturated heterocycles. The van der Waals surface area contributed by atoms with E-state index in [1.54, 1.807) is 25.4 Å². The fourth-order valence-corrected chi connectivity index (χ4v) is 2.98. The van der Waals surface area contributed by atoms with Crippen molar-refractivity contribution in [2.75, 3.05) is 37.6 Å². The summed E-state index contributed by atoms with van der Waals surface area (Å²) in [6, 6.07) is 4.61. The number of hydrogen-bond acceptors (Lipinski definition) is 5. The lowest BCUT2D eigenvalue weighted by Crippen LogP contribution is -2.50. The topological polar surface area (TPSA) is 61.4 Å². The Morgan fingerprint density at radius 3 is 2.54 bits per heavy atom. The number of halogens is 2. The third-order valence-corrected chi connectivity index (χ3v) is 4.38. The fraction of sp³-hybridized carbons (Fsp3) is 0.389. The number of carbonyl (C=O) groups excluding carboxylic acids is 1. The minimum atomic E-state index is -0.658. The molecule has 8 heteroatoms. The Morgan fingerprint density at radius 1 is 1.19 bits per heavy atom. The molecule has 3 rings (SSSR count). The molecule has 2 aromatic rings. The Labute approximate surface area is 150 Å². The van der Waals surface area contributed by atoms with Gasteiger partial charge in [-0.25, -0.2) is 18.7 Å². The highest BCUT2D eigenvalue weighted by Crippen LogP contribution is 2.17. The van der Waals surface area contributed by atoms with E-state index < -0.39 is 17.7 Å². The quantitative estimate of drug-likeness (QED) is 0.879. The highest BCUT2D eigenvalue weighted by atomic mass is 19.1. The predicted molar refractivity (Wildman–Crippen MR) is 93.6 cm³/mol. The Morgan fingerprint density at radius 2 is 1.88 bits per heavy atom. The van der Waals surface area contributed by atoms with Gasteiger partial charge >= 0.3 is 0 Å². The summed E-state index contributed by atoms with van der Waals surface area (Å²) in [6.45, 7) is 4.81. The van der Waals surface area contributed by atoms with Gasteiger partial charge in [-0.1, -0.05) is 6.07 Å². The van der Waals surface area contributed by atoms with Gasteiger partial charge in [0.15, 0.2) is 0 Å². The molecule has 0 bridgehead atoms. The molecule has 0 spiro atoms. The maximum absolute atomic E-state index is 13.8. The second kappa shape index (κ2) is 8.18. The van der Waals surface area contributed by atoms with Gasteiger partial charge in [-0.15, -0.1) is 0 Å². The second-order valence-corrected chi connectivity index (χ2v) is 6.27. The first-order chi connectivity index (χ1) is 12.5. The van der Waals surface area contributed by atoms with Gasteiger partial charge in [0.2, 0.25) is 11.9 Å². The van der Waals surface area contributed by atoms with E-state index in [-0.39, 0.29) is 18.0 Å². The standard InChI is InChI=1S/C18H21F2N5O/c1-13(15-4-3-14(19)11-16(15)20)23-17(26)12-24-7-9-25(10-8-24)18-21-5-2-6-22-18/h2-6,11,13H,7-10,12H2,1H3,(H,23,26)/t13-/m1/s1. The molecule has 0 unspecified atom stereocenters. The first kappa shape index (κ1) is 18.2. The van der Waals surface area contributed by atoms with Crippen LogP contribution < -0.4 is 10.2 Å². The van der Waals surface area contributed by atoms with Crippen LogP contribution in [0.5, 0.6) is 0 Å². The summed E-state index contributed by atoms with van der Waals surface area (Å²) in [6.07, 6.45) is 3.41. The molecule has 1 atom stereocenters. The molecule has 0 radical (unpaired) electrons. The van der Waals surface area contributed by atoms with Gasteiger partial charge in [0, 0.05) is 50.2 Å². The predicted octanol–water partition coefficient (Wildman–Crippen LogP) is 1.75. The lowest BCUT2D eigenvalue weighted by atomic mass is 10.1. The molecule has 1 aromatic heterocycles. The number of nitrogens with zero attached hydrogens (tertiary/aromatic N) is 4. The van der Waals surface area contributed by atoms with Gasteiger partial charge in [-0.2, -0.15) is 0 Å². The monoisotopic (exact) mass is 361 g/mol. The van der Waals surface area contributed by atoms with Crippen LogP contribution in [0.1, 0.15) is 18.5 Å². The molecule has 1 aromatic carbocycles. The van der Waals surface area contributed by atoms with E-state index >= 15 is 0 Å². The van der Waals surface area contributed by atoms with Gasteiger partial charge in [0.25, 0.3) is 0 Å². The van der Waals surface area contributed by atoms with Crippen LogP contribution in [0.15, 0.2) is 36.7 Å². The zero-order chi connectivity index (χ0) is 18.5. The number of benzene rings is 1. The molecule has 2 heterocycles. The van der Waals surface area contributed by atoms with Gasteiger partial charge in [-0.05, 0) is 19.1 Å². The van der Waals surface area contributed by atoms with Crippen LogP contribution in [-0.2, 0) is 4.79 Å². The average molecular weight is 361 g/mol. The molecular formula is C18H21F2N5O. The normalized spacial score (nSPS) is 16.3. The fourth-order valence-electron chi connectivity index (χ4n) is 2.98. The Bertz CT molecular complexity index is 751. The summed E-state index contributed by atoms with van der Waals surface area (Å²) in [4.78, 5) is 24.8. The molecule has 6 nitrogen and oxygen atoms in total. The number of carbonyl (C=O) groups is 1. The van der Waals surface area contributed by atoms with Crippen molar-refractivity contribution in [1.29, 1.82) is 0 Å². The number of anilines is 1. The van der Waals surface area contributed by atoms with E-state index in [1.807, 2.05) is 4.90 Å². The summed E-state index contributed by atoms with van der Waals surface area (Å²) >= 11 is 0. The molecule has 1 fully saturated rings. The van der Waals surface area contributed by atoms with Gasteiger partial charge in [0.1, 0.15) is 11.6 Å². The summed E-state index contributed by atoms with van der Waals surface area (Å²) in [5.41, 5.74) is 0.269. The van der Waals surface area contributed by atoms with Crippen molar-refractivity contribution in [1.82, 2.24) is 20.2 Å². The van der Waals surface area contributed by atoms with E-state index in [9.17, 15) is 13.6 Å². The first-order valence-electron chi connectivity index (χ1n) is 8.51. The molecular weight excluding hydrogens is 340 g/mol. The summed E-state index contributed by atoms with van der Waals surface area (Å²) < 4.78 is 26.8. The van der Waals surface area contributed by atoms with E-state index in [0.717, 1.165) is 19.2 Å². The molecule has 26 heavy (non-hydrogen) atoms. The van der Waals surface area contributed by atoms with Crippen LogP contribution in [-0.4, -0.2) is 53.5 Å². The average Bonchev–Trinajstić information content (AvgIpc) is 2.63. The molecule has 1 N–H and O–H groups in total. The molecule has 138 valence electrons. The maximum Gasteiger partial charge on any atom is 0.234 e. The van der Waals surface area contributed by atoms with Crippen LogP contribution >= 0.6 is 0 Å². The molecule has 0 aliphatic carbocycles. The second-order valence-electron chi connectivity index (χ2n) is 6.27. The lowest BCUT2D eigenvalue weighted by Gasteiger charge is -2.34. The Kier molecular flexibility index (Phi) is 5.72. The van der Waals surface area contributed by atoms with Crippen LogP contribution in [0, 0.1) is 11.6 Å². The van der Waals surface area contributed by atoms with Gasteiger partial charge < -0.3 is 10.2 Å². The Hall–Kier alpha value is -2.61. The number of amides is 1. The third kappa shape index (κ3) is 4.51. The third-order valence-electron chi connectivity index (χ3n) is 4.38. The minimum Gasteiger partial charge on any atom is -0.348 e.